The summed E-state index contributed by atoms with van der Waals surface area (Å²) in [6.45, 7) is 0. The fourth-order valence-corrected chi connectivity index (χ4v) is 1.98. The molecule has 0 saturated heterocycles. The summed E-state index contributed by atoms with van der Waals surface area (Å²) in [6.07, 6.45) is 1.78. The minimum atomic E-state index is -0.355. The number of hydrogen-bond donors (Lipinski definition) is 1. The van der Waals surface area contributed by atoms with Crippen molar-refractivity contribution >= 4 is 27.7 Å². The number of nitrogen functional groups attached to an aromatic ring is 1. The van der Waals surface area contributed by atoms with E-state index < -0.39 is 0 Å². The second-order valence-corrected chi connectivity index (χ2v) is 4.91. The van der Waals surface area contributed by atoms with Crippen LogP contribution in [0.2, 0.25) is 0 Å². The van der Waals surface area contributed by atoms with Crippen molar-refractivity contribution in [2.24, 2.45) is 0 Å². The van der Waals surface area contributed by atoms with E-state index in [1.54, 1.807) is 18.4 Å². The van der Waals surface area contributed by atoms with Crippen LogP contribution in [0.1, 0.15) is 0 Å². The normalized spacial score (nSPS) is 10.5. The Morgan fingerprint density at radius 3 is 2.53 bits per heavy atom. The summed E-state index contributed by atoms with van der Waals surface area (Å²) >= 11 is 4.60. The van der Waals surface area contributed by atoms with Crippen LogP contribution in [0.5, 0.6) is 0 Å². The van der Waals surface area contributed by atoms with E-state index in [0.717, 1.165) is 9.15 Å². The Morgan fingerprint density at radius 2 is 1.94 bits per heavy atom. The number of benzene rings is 1. The molecule has 1 aromatic carbocycles. The Labute approximate surface area is 110 Å². The van der Waals surface area contributed by atoms with E-state index in [2.05, 4.69) is 26.1 Å². The molecule has 88 valence electrons. The lowest BCUT2D eigenvalue weighted by molar-refractivity contribution is 0.705. The number of nitrogens with zero attached hydrogens (tertiary/aromatic N) is 3. The maximum absolute atomic E-state index is 11.9. The van der Waals surface area contributed by atoms with Crippen LogP contribution in [-0.4, -0.2) is 21.1 Å². The Kier molecular flexibility index (Phi) is 3.49. The van der Waals surface area contributed by atoms with E-state index in [9.17, 15) is 4.79 Å². The van der Waals surface area contributed by atoms with E-state index in [1.165, 1.54) is 11.8 Å². The Hall–Kier alpha value is -1.34. The third-order valence-electron chi connectivity index (χ3n) is 2.16. The van der Waals surface area contributed by atoms with Crippen LogP contribution in [-0.2, 0) is 0 Å². The fourth-order valence-electron chi connectivity index (χ4n) is 1.31. The molecular formula is C10H9BrN4OS. The highest BCUT2D eigenvalue weighted by Gasteiger charge is 2.10. The molecule has 0 aliphatic heterocycles. The lowest BCUT2D eigenvalue weighted by Gasteiger charge is -2.05. The van der Waals surface area contributed by atoms with Crippen molar-refractivity contribution in [1.82, 2.24) is 14.9 Å². The van der Waals surface area contributed by atoms with E-state index in [0.29, 0.717) is 10.7 Å². The molecule has 0 aliphatic carbocycles. The zero-order chi connectivity index (χ0) is 12.4. The van der Waals surface area contributed by atoms with Crippen LogP contribution < -0.4 is 11.4 Å². The van der Waals surface area contributed by atoms with Crippen LogP contribution in [0.3, 0.4) is 0 Å². The van der Waals surface area contributed by atoms with Crippen LogP contribution >= 0.6 is 27.7 Å². The smallest absolute Gasteiger partial charge is 0.299 e. The largest absolute Gasteiger partial charge is 0.334 e. The maximum atomic E-state index is 11.9. The number of rotatable bonds is 2. The first-order valence-corrected chi connectivity index (χ1v) is 6.70. The molecule has 1 aromatic heterocycles. The quantitative estimate of drug-likeness (QED) is 0.672. The van der Waals surface area contributed by atoms with Gasteiger partial charge in [-0.2, -0.15) is 4.68 Å². The van der Waals surface area contributed by atoms with Gasteiger partial charge in [0.15, 0.2) is 5.69 Å². The summed E-state index contributed by atoms with van der Waals surface area (Å²) < 4.78 is 1.94. The monoisotopic (exact) mass is 312 g/mol. The van der Waals surface area contributed by atoms with Crippen molar-refractivity contribution in [3.05, 3.63) is 39.1 Å². The minimum absolute atomic E-state index is 0.248. The zero-order valence-corrected chi connectivity index (χ0v) is 11.3. The van der Waals surface area contributed by atoms with Crippen molar-refractivity contribution in [2.45, 2.75) is 5.16 Å². The number of aromatic nitrogens is 3. The maximum Gasteiger partial charge on any atom is 0.299 e. The molecular weight excluding hydrogens is 304 g/mol. The molecule has 0 atom stereocenters. The van der Waals surface area contributed by atoms with Gasteiger partial charge in [0, 0.05) is 10.0 Å². The highest BCUT2D eigenvalue weighted by molar-refractivity contribution is 9.10. The fraction of sp³-hybridized carbons (Fsp3) is 0.100. The topological polar surface area (TPSA) is 73.8 Å². The number of thioether (sulfide) groups is 1. The van der Waals surface area contributed by atoms with Gasteiger partial charge < -0.3 is 5.84 Å². The van der Waals surface area contributed by atoms with Gasteiger partial charge in [0.05, 0.1) is 0 Å². The molecule has 0 fully saturated rings. The lowest BCUT2D eigenvalue weighted by Crippen LogP contribution is -2.31. The average Bonchev–Trinajstić information content (AvgIpc) is 2.34. The third-order valence-corrected chi connectivity index (χ3v) is 3.34. The van der Waals surface area contributed by atoms with Gasteiger partial charge in [-0.05, 0) is 18.4 Å². The first-order valence-electron chi connectivity index (χ1n) is 4.68. The summed E-state index contributed by atoms with van der Waals surface area (Å²) in [4.78, 5) is 11.9. The highest BCUT2D eigenvalue weighted by Crippen LogP contribution is 2.17. The zero-order valence-electron chi connectivity index (χ0n) is 8.92. The number of halogens is 1. The van der Waals surface area contributed by atoms with Gasteiger partial charge in [0.2, 0.25) is 5.16 Å². The molecule has 2 rings (SSSR count). The Balaban J connectivity index is 2.57. The van der Waals surface area contributed by atoms with E-state index in [-0.39, 0.29) is 11.3 Å². The van der Waals surface area contributed by atoms with Gasteiger partial charge in [0.1, 0.15) is 0 Å². The third kappa shape index (κ3) is 2.34. The molecule has 0 aliphatic rings. The molecule has 1 heterocycles. The number of hydrogen-bond acceptors (Lipinski definition) is 5. The van der Waals surface area contributed by atoms with Gasteiger partial charge in [-0.1, -0.05) is 39.8 Å². The van der Waals surface area contributed by atoms with Gasteiger partial charge >= 0.3 is 0 Å². The van der Waals surface area contributed by atoms with Crippen molar-refractivity contribution in [2.75, 3.05) is 12.1 Å². The van der Waals surface area contributed by atoms with Crippen molar-refractivity contribution < 1.29 is 0 Å². The predicted octanol–water partition coefficient (Wildman–Crippen LogP) is 1.50. The minimum Gasteiger partial charge on any atom is -0.334 e. The Bertz CT molecular complexity index is 596. The summed E-state index contributed by atoms with van der Waals surface area (Å²) in [6, 6.07) is 7.24. The second-order valence-electron chi connectivity index (χ2n) is 3.22. The van der Waals surface area contributed by atoms with Gasteiger partial charge in [-0.15, -0.1) is 10.2 Å². The van der Waals surface area contributed by atoms with E-state index in [1.807, 2.05) is 12.1 Å². The molecule has 0 saturated carbocycles. The van der Waals surface area contributed by atoms with Gasteiger partial charge in [0.25, 0.3) is 5.56 Å². The summed E-state index contributed by atoms with van der Waals surface area (Å²) in [5.74, 6) is 5.63. The van der Waals surface area contributed by atoms with Crippen molar-refractivity contribution in [1.29, 1.82) is 0 Å². The molecule has 0 bridgehead atoms. The van der Waals surface area contributed by atoms with Gasteiger partial charge in [-0.25, -0.2) is 0 Å². The second kappa shape index (κ2) is 4.89. The van der Waals surface area contributed by atoms with E-state index >= 15 is 0 Å². The molecule has 0 spiro atoms. The molecule has 2 N–H and O–H groups in total. The van der Waals surface area contributed by atoms with Crippen LogP contribution in [0.15, 0.2) is 38.7 Å². The van der Waals surface area contributed by atoms with Gasteiger partial charge in [-0.3, -0.25) is 4.79 Å². The van der Waals surface area contributed by atoms with Crippen molar-refractivity contribution in [3.63, 3.8) is 0 Å². The summed E-state index contributed by atoms with van der Waals surface area (Å²) in [7, 11) is 0. The molecule has 2 aromatic rings. The summed E-state index contributed by atoms with van der Waals surface area (Å²) in [5, 5.41) is 8.19. The highest BCUT2D eigenvalue weighted by atomic mass is 79.9. The lowest BCUT2D eigenvalue weighted by atomic mass is 10.2. The number of nitrogens with two attached hydrogens (primary N) is 1. The van der Waals surface area contributed by atoms with Crippen LogP contribution in [0, 0.1) is 0 Å². The predicted molar refractivity (Wildman–Crippen MR) is 71.4 cm³/mol. The average molecular weight is 313 g/mol. The van der Waals surface area contributed by atoms with Crippen molar-refractivity contribution in [3.8, 4) is 11.3 Å². The molecule has 0 amide bonds. The molecule has 0 radical (unpaired) electrons. The molecule has 7 heteroatoms. The van der Waals surface area contributed by atoms with E-state index in [4.69, 9.17) is 5.84 Å². The first-order chi connectivity index (χ1) is 8.13. The first kappa shape index (κ1) is 12.1. The van der Waals surface area contributed by atoms with Crippen LogP contribution in [0.4, 0.5) is 0 Å². The van der Waals surface area contributed by atoms with Crippen LogP contribution in [0.25, 0.3) is 11.3 Å². The summed E-state index contributed by atoms with van der Waals surface area (Å²) in [5.41, 5.74) is 0.585. The Morgan fingerprint density at radius 1 is 1.29 bits per heavy atom. The standard InChI is InChI=1S/C10H9BrN4OS/c1-17-10-14-13-8(9(16)15(10)12)6-2-4-7(11)5-3-6/h2-5H,12H2,1H3. The SMILES string of the molecule is CSc1nnc(-c2ccc(Br)cc2)c(=O)n1N. The molecule has 5 nitrogen and oxygen atoms in total. The molecule has 17 heavy (non-hydrogen) atoms. The molecule has 0 unspecified atom stereocenters.